The van der Waals surface area contributed by atoms with Crippen molar-refractivity contribution < 1.29 is 0 Å². The molecule has 226 valence electrons. The van der Waals surface area contributed by atoms with E-state index in [1.165, 1.54) is 122 Å². The first-order valence-electron chi connectivity index (χ1n) is 18.4. The molecule has 0 heterocycles. The third-order valence-electron chi connectivity index (χ3n) is 11.3. The minimum atomic E-state index is 0.916. The average molecular weight is 531 g/mol. The topological polar surface area (TPSA) is 0 Å². The van der Waals surface area contributed by atoms with Crippen molar-refractivity contribution >= 4 is 0 Å². The molecular weight excluding hydrogens is 456 g/mol. The van der Waals surface area contributed by atoms with Crippen molar-refractivity contribution in [3.63, 3.8) is 0 Å². The van der Waals surface area contributed by atoms with Crippen molar-refractivity contribution in [1.82, 2.24) is 0 Å². The summed E-state index contributed by atoms with van der Waals surface area (Å²) in [5.41, 5.74) is 0. The number of fused-ring (bicyclic) bond motifs is 2. The van der Waals surface area contributed by atoms with E-state index in [4.69, 9.17) is 0 Å². The molecule has 4 rings (SSSR count). The van der Waals surface area contributed by atoms with Crippen molar-refractivity contribution in [3.05, 3.63) is 0 Å². The number of rotatable bonds is 3. The zero-order valence-electron chi connectivity index (χ0n) is 27.6. The standard InChI is InChI=1S/C13H24.C13H26.C12H24/c1-10(2)13-8-11-5-3-4-6-12(7-11)9-13;1-12(2)13-10-8-6-4-3-5-7-9-11-13;1-11(2)12-9-7-5-3-4-6-8-10-12/h10-13H,3-9H2,1-2H3;12-13H,3-11H2,1-2H3;11-12H,3-10H2,1-2H3. The molecule has 0 heteroatoms. The molecule has 2 atom stereocenters. The van der Waals surface area contributed by atoms with E-state index >= 15 is 0 Å². The minimum Gasteiger partial charge on any atom is -0.0625 e. The normalized spacial score (nSPS) is 29.1. The van der Waals surface area contributed by atoms with E-state index in [2.05, 4.69) is 41.5 Å². The lowest BCUT2D eigenvalue weighted by molar-refractivity contribution is 0.160. The van der Waals surface area contributed by atoms with Gasteiger partial charge in [-0.05, 0) is 66.6 Å². The highest BCUT2D eigenvalue weighted by Gasteiger charge is 2.31. The van der Waals surface area contributed by atoms with Crippen LogP contribution < -0.4 is 0 Å². The zero-order valence-corrected chi connectivity index (χ0v) is 27.6. The second-order valence-electron chi connectivity index (χ2n) is 15.5. The fraction of sp³-hybridized carbons (Fsp3) is 1.00. The molecule has 0 aromatic heterocycles. The van der Waals surface area contributed by atoms with Crippen molar-refractivity contribution in [3.8, 4) is 0 Å². The van der Waals surface area contributed by atoms with Crippen LogP contribution in [0.4, 0.5) is 0 Å². The summed E-state index contributed by atoms with van der Waals surface area (Å²) in [7, 11) is 0. The van der Waals surface area contributed by atoms with Gasteiger partial charge in [-0.2, -0.15) is 0 Å². The molecule has 0 amide bonds. The van der Waals surface area contributed by atoms with E-state index in [0.29, 0.717) is 0 Å². The summed E-state index contributed by atoms with van der Waals surface area (Å²) in [4.78, 5) is 0. The van der Waals surface area contributed by atoms with Crippen LogP contribution in [0.5, 0.6) is 0 Å². The van der Waals surface area contributed by atoms with Crippen LogP contribution in [0.2, 0.25) is 0 Å². The van der Waals surface area contributed by atoms with Crippen LogP contribution in [0.3, 0.4) is 0 Å². The Morgan fingerprint density at radius 2 is 0.553 bits per heavy atom. The van der Waals surface area contributed by atoms with Gasteiger partial charge in [0, 0.05) is 0 Å². The smallest absolute Gasteiger partial charge is 0.0386 e. The Kier molecular flexibility index (Phi) is 18.7. The van der Waals surface area contributed by atoms with Crippen LogP contribution in [0, 0.1) is 47.3 Å². The molecule has 2 bridgehead atoms. The van der Waals surface area contributed by atoms with Gasteiger partial charge in [-0.3, -0.25) is 0 Å². The highest BCUT2D eigenvalue weighted by Crippen LogP contribution is 2.43. The second-order valence-corrected chi connectivity index (χ2v) is 15.5. The third kappa shape index (κ3) is 15.1. The van der Waals surface area contributed by atoms with Crippen molar-refractivity contribution in [2.24, 2.45) is 47.3 Å². The molecule has 4 aliphatic carbocycles. The van der Waals surface area contributed by atoms with E-state index in [-0.39, 0.29) is 0 Å². The van der Waals surface area contributed by atoms with Gasteiger partial charge in [-0.1, -0.05) is 176 Å². The quantitative estimate of drug-likeness (QED) is 0.340. The van der Waals surface area contributed by atoms with Gasteiger partial charge < -0.3 is 0 Å². The van der Waals surface area contributed by atoms with Gasteiger partial charge in [0.1, 0.15) is 0 Å². The van der Waals surface area contributed by atoms with E-state index in [0.717, 1.165) is 47.3 Å². The van der Waals surface area contributed by atoms with Gasteiger partial charge in [0.2, 0.25) is 0 Å². The van der Waals surface area contributed by atoms with Crippen LogP contribution >= 0.6 is 0 Å². The Hall–Kier alpha value is 0. The maximum Gasteiger partial charge on any atom is -0.0386 e. The molecule has 0 spiro atoms. The van der Waals surface area contributed by atoms with Crippen molar-refractivity contribution in [1.29, 1.82) is 0 Å². The van der Waals surface area contributed by atoms with Gasteiger partial charge in [0.15, 0.2) is 0 Å². The SMILES string of the molecule is CC(C)C1CC2CCCCC(C2)C1.CC(C)C1CCCCCCCC1.CC(C)C1CCCCCCCCC1. The van der Waals surface area contributed by atoms with Crippen molar-refractivity contribution in [2.75, 3.05) is 0 Å². The lowest BCUT2D eigenvalue weighted by Gasteiger charge is -2.35. The molecule has 2 unspecified atom stereocenters. The third-order valence-corrected chi connectivity index (χ3v) is 11.3. The molecule has 0 aromatic rings. The van der Waals surface area contributed by atoms with Crippen LogP contribution in [-0.4, -0.2) is 0 Å². The predicted molar refractivity (Wildman–Crippen MR) is 173 cm³/mol. The lowest BCUT2D eigenvalue weighted by atomic mass is 9.71. The Morgan fingerprint density at radius 1 is 0.289 bits per heavy atom. The summed E-state index contributed by atoms with van der Waals surface area (Å²) in [6.07, 6.45) is 36.2. The number of hydrogen-bond acceptors (Lipinski definition) is 0. The van der Waals surface area contributed by atoms with Crippen molar-refractivity contribution in [2.45, 2.75) is 196 Å². The van der Waals surface area contributed by atoms with Crippen LogP contribution in [-0.2, 0) is 0 Å². The molecule has 0 aromatic carbocycles. The first-order chi connectivity index (χ1) is 18.4. The van der Waals surface area contributed by atoms with Gasteiger partial charge in [0.05, 0.1) is 0 Å². The Bertz CT molecular complexity index is 496. The van der Waals surface area contributed by atoms with Gasteiger partial charge >= 0.3 is 0 Å². The molecular formula is C38H74. The summed E-state index contributed by atoms with van der Waals surface area (Å²) < 4.78 is 0. The Labute approximate surface area is 242 Å². The summed E-state index contributed by atoms with van der Waals surface area (Å²) in [6.45, 7) is 14.4. The predicted octanol–water partition coefficient (Wildman–Crippen LogP) is 13.4. The maximum atomic E-state index is 2.42. The first-order valence-corrected chi connectivity index (χ1v) is 18.4. The largest absolute Gasteiger partial charge is 0.0625 e. The van der Waals surface area contributed by atoms with Crippen LogP contribution in [0.25, 0.3) is 0 Å². The van der Waals surface area contributed by atoms with Crippen LogP contribution in [0.1, 0.15) is 196 Å². The van der Waals surface area contributed by atoms with E-state index in [1.807, 2.05) is 0 Å². The monoisotopic (exact) mass is 531 g/mol. The minimum absolute atomic E-state index is 0.916. The Balaban J connectivity index is 0.000000200. The molecule has 0 nitrogen and oxygen atoms in total. The molecule has 0 radical (unpaired) electrons. The molecule has 0 N–H and O–H groups in total. The van der Waals surface area contributed by atoms with Gasteiger partial charge in [-0.15, -0.1) is 0 Å². The van der Waals surface area contributed by atoms with E-state index in [1.54, 1.807) is 32.1 Å². The van der Waals surface area contributed by atoms with E-state index < -0.39 is 0 Å². The van der Waals surface area contributed by atoms with Crippen LogP contribution in [0.15, 0.2) is 0 Å². The first kappa shape index (κ1) is 34.2. The van der Waals surface area contributed by atoms with E-state index in [9.17, 15) is 0 Å². The number of hydrogen-bond donors (Lipinski definition) is 0. The molecule has 4 aliphatic rings. The summed E-state index contributed by atoms with van der Waals surface area (Å²) in [6, 6.07) is 0. The molecule has 4 fully saturated rings. The molecule has 0 saturated heterocycles. The van der Waals surface area contributed by atoms with Gasteiger partial charge in [0.25, 0.3) is 0 Å². The second kappa shape index (κ2) is 20.8. The maximum absolute atomic E-state index is 2.42. The average Bonchev–Trinajstić information content (AvgIpc) is 2.98. The summed E-state index contributed by atoms with van der Waals surface area (Å²) >= 11 is 0. The highest BCUT2D eigenvalue weighted by molar-refractivity contribution is 4.82. The molecule has 38 heavy (non-hydrogen) atoms. The molecule has 4 saturated carbocycles. The molecule has 0 aliphatic heterocycles. The highest BCUT2D eigenvalue weighted by atomic mass is 14.4. The zero-order chi connectivity index (χ0) is 27.6. The lowest BCUT2D eigenvalue weighted by Crippen LogP contribution is -2.24. The van der Waals surface area contributed by atoms with Gasteiger partial charge in [-0.25, -0.2) is 0 Å². The Morgan fingerprint density at radius 3 is 0.842 bits per heavy atom. The fourth-order valence-corrected chi connectivity index (χ4v) is 8.34. The fourth-order valence-electron chi connectivity index (χ4n) is 8.34. The summed E-state index contributed by atoms with van der Waals surface area (Å²) in [5, 5.41) is 0. The summed E-state index contributed by atoms with van der Waals surface area (Å²) in [5.74, 6) is 8.09.